The van der Waals surface area contributed by atoms with Crippen molar-refractivity contribution in [3.63, 3.8) is 0 Å². The number of amides is 1. The molecule has 3 rings (SSSR count). The summed E-state index contributed by atoms with van der Waals surface area (Å²) in [5.41, 5.74) is 2.85. The Morgan fingerprint density at radius 3 is 2.66 bits per heavy atom. The van der Waals surface area contributed by atoms with E-state index in [-0.39, 0.29) is 24.6 Å². The maximum atomic E-state index is 12.3. The minimum atomic E-state index is -0.801. The summed E-state index contributed by atoms with van der Waals surface area (Å²) in [5, 5.41) is 12.3. The Bertz CT molecular complexity index is 962. The maximum absolute atomic E-state index is 12.3. The molecule has 1 amide bonds. The minimum Gasteiger partial charge on any atom is -0.483 e. The number of carbonyl (C=O) groups is 2. The molecule has 0 aliphatic heterocycles. The van der Waals surface area contributed by atoms with Crippen LogP contribution in [0.25, 0.3) is 11.0 Å². The number of carbonyl (C=O) groups excluding carboxylic acids is 1. The molecule has 2 N–H and O–H groups in total. The number of aliphatic carboxylic acids is 1. The minimum absolute atomic E-state index is 0.128. The van der Waals surface area contributed by atoms with E-state index < -0.39 is 5.97 Å². The molecule has 0 bridgehead atoms. The van der Waals surface area contributed by atoms with Gasteiger partial charge in [-0.1, -0.05) is 6.42 Å². The summed E-state index contributed by atoms with van der Waals surface area (Å²) in [4.78, 5) is 34.8. The van der Waals surface area contributed by atoms with Crippen LogP contribution in [0.4, 0.5) is 0 Å². The van der Waals surface area contributed by atoms with Crippen LogP contribution in [0.15, 0.2) is 21.3 Å². The van der Waals surface area contributed by atoms with Crippen LogP contribution >= 0.6 is 0 Å². The standard InChI is InChI=1S/C22H27NO6/c1-14-18(28-13-19(24)23-12-6-2-3-9-20(25)26)11-10-16-15-7-4-5-8-17(15)22(27)29-21(14)16/h10-11H,2-9,12-13H2,1H3,(H,23,24)(H,25,26). The highest BCUT2D eigenvalue weighted by Crippen LogP contribution is 2.32. The molecular formula is C22H27NO6. The van der Waals surface area contributed by atoms with Gasteiger partial charge in [0.25, 0.3) is 5.91 Å². The molecule has 0 atom stereocenters. The molecule has 1 aromatic carbocycles. The van der Waals surface area contributed by atoms with Crippen molar-refractivity contribution in [3.05, 3.63) is 39.2 Å². The van der Waals surface area contributed by atoms with Gasteiger partial charge in [-0.3, -0.25) is 9.59 Å². The van der Waals surface area contributed by atoms with Crippen molar-refractivity contribution in [1.29, 1.82) is 0 Å². The first-order chi connectivity index (χ1) is 14.0. The smallest absolute Gasteiger partial charge is 0.339 e. The van der Waals surface area contributed by atoms with Gasteiger partial charge in [0, 0.05) is 29.5 Å². The fraction of sp³-hybridized carbons (Fsp3) is 0.500. The van der Waals surface area contributed by atoms with Gasteiger partial charge in [0.1, 0.15) is 11.3 Å². The lowest BCUT2D eigenvalue weighted by Gasteiger charge is -2.18. The van der Waals surface area contributed by atoms with Gasteiger partial charge in [-0.15, -0.1) is 0 Å². The van der Waals surface area contributed by atoms with Crippen molar-refractivity contribution >= 4 is 22.8 Å². The van der Waals surface area contributed by atoms with Crippen LogP contribution in [0, 0.1) is 6.92 Å². The zero-order valence-corrected chi connectivity index (χ0v) is 16.7. The molecule has 156 valence electrons. The maximum Gasteiger partial charge on any atom is 0.339 e. The van der Waals surface area contributed by atoms with Crippen molar-refractivity contribution in [2.75, 3.05) is 13.2 Å². The molecule has 2 aromatic rings. The largest absolute Gasteiger partial charge is 0.483 e. The van der Waals surface area contributed by atoms with Gasteiger partial charge in [0.05, 0.1) is 0 Å². The zero-order valence-electron chi connectivity index (χ0n) is 16.7. The predicted molar refractivity (Wildman–Crippen MR) is 108 cm³/mol. The first-order valence-electron chi connectivity index (χ1n) is 10.2. The van der Waals surface area contributed by atoms with E-state index in [1.54, 1.807) is 0 Å². The number of fused-ring (bicyclic) bond motifs is 3. The highest BCUT2D eigenvalue weighted by Gasteiger charge is 2.20. The first kappa shape index (κ1) is 20.9. The van der Waals surface area contributed by atoms with Crippen molar-refractivity contribution < 1.29 is 23.8 Å². The quantitative estimate of drug-likeness (QED) is 0.494. The average molecular weight is 401 g/mol. The third-order valence-electron chi connectivity index (χ3n) is 5.34. The number of unbranched alkanes of at least 4 members (excludes halogenated alkanes) is 2. The molecule has 0 saturated heterocycles. The number of aryl methyl sites for hydroxylation is 2. The number of carboxylic acids is 1. The molecule has 29 heavy (non-hydrogen) atoms. The fourth-order valence-electron chi connectivity index (χ4n) is 3.78. The number of rotatable bonds is 9. The molecule has 7 heteroatoms. The lowest BCUT2D eigenvalue weighted by molar-refractivity contribution is -0.137. The number of ether oxygens (including phenoxy) is 1. The fourth-order valence-corrected chi connectivity index (χ4v) is 3.78. The lowest BCUT2D eigenvalue weighted by Crippen LogP contribution is -2.29. The zero-order chi connectivity index (χ0) is 20.8. The van der Waals surface area contributed by atoms with Crippen LogP contribution < -0.4 is 15.7 Å². The molecule has 0 saturated carbocycles. The number of hydrogen-bond acceptors (Lipinski definition) is 5. The molecule has 1 aliphatic carbocycles. The molecule has 0 radical (unpaired) electrons. The van der Waals surface area contributed by atoms with Gasteiger partial charge in [-0.05, 0) is 63.1 Å². The van der Waals surface area contributed by atoms with Crippen molar-refractivity contribution in [3.8, 4) is 5.75 Å². The predicted octanol–water partition coefficient (Wildman–Crippen LogP) is 3.12. The number of nitrogens with one attached hydrogen (secondary N) is 1. The van der Waals surface area contributed by atoms with Gasteiger partial charge in [-0.25, -0.2) is 4.79 Å². The molecule has 0 spiro atoms. The van der Waals surface area contributed by atoms with E-state index in [2.05, 4.69) is 5.32 Å². The average Bonchev–Trinajstić information content (AvgIpc) is 2.70. The van der Waals surface area contributed by atoms with E-state index in [0.29, 0.717) is 24.3 Å². The van der Waals surface area contributed by atoms with Gasteiger partial charge in [-0.2, -0.15) is 0 Å². The van der Waals surface area contributed by atoms with E-state index in [0.717, 1.165) is 60.6 Å². The van der Waals surface area contributed by atoms with Crippen molar-refractivity contribution in [1.82, 2.24) is 5.32 Å². The molecular weight excluding hydrogens is 374 g/mol. The van der Waals surface area contributed by atoms with Gasteiger partial charge >= 0.3 is 11.6 Å². The SMILES string of the molecule is Cc1c(OCC(=O)NCCCCCC(=O)O)ccc2c3c(c(=O)oc12)CCCC3. The second-order valence-electron chi connectivity index (χ2n) is 7.46. The van der Waals surface area contributed by atoms with Crippen LogP contribution in [-0.4, -0.2) is 30.1 Å². The molecule has 0 unspecified atom stereocenters. The van der Waals surface area contributed by atoms with Crippen LogP contribution in [0.1, 0.15) is 55.2 Å². The summed E-state index contributed by atoms with van der Waals surface area (Å²) in [7, 11) is 0. The second-order valence-corrected chi connectivity index (χ2v) is 7.46. The Balaban J connectivity index is 1.58. The Morgan fingerprint density at radius 1 is 1.14 bits per heavy atom. The summed E-state index contributed by atoms with van der Waals surface area (Å²) in [6.07, 6.45) is 5.96. The molecule has 1 aliphatic rings. The topological polar surface area (TPSA) is 106 Å². The van der Waals surface area contributed by atoms with Gasteiger partial charge in [0.15, 0.2) is 6.61 Å². The van der Waals surface area contributed by atoms with E-state index >= 15 is 0 Å². The summed E-state index contributed by atoms with van der Waals surface area (Å²) in [6.45, 7) is 2.19. The van der Waals surface area contributed by atoms with Crippen LogP contribution in [0.5, 0.6) is 5.75 Å². The summed E-state index contributed by atoms with van der Waals surface area (Å²) < 4.78 is 11.2. The highest BCUT2D eigenvalue weighted by atomic mass is 16.5. The number of benzene rings is 1. The summed E-state index contributed by atoms with van der Waals surface area (Å²) in [6, 6.07) is 3.73. The summed E-state index contributed by atoms with van der Waals surface area (Å²) >= 11 is 0. The van der Waals surface area contributed by atoms with E-state index in [9.17, 15) is 14.4 Å². The Labute approximate surface area is 169 Å². The number of hydrogen-bond donors (Lipinski definition) is 2. The lowest BCUT2D eigenvalue weighted by atomic mass is 9.90. The molecule has 1 aromatic heterocycles. The Hall–Kier alpha value is -2.83. The monoisotopic (exact) mass is 401 g/mol. The van der Waals surface area contributed by atoms with Crippen LogP contribution in [0.3, 0.4) is 0 Å². The Kier molecular flexibility index (Phi) is 6.90. The van der Waals surface area contributed by atoms with Gasteiger partial charge in [0.2, 0.25) is 0 Å². The Morgan fingerprint density at radius 2 is 1.90 bits per heavy atom. The van der Waals surface area contributed by atoms with Crippen LogP contribution in [-0.2, 0) is 22.4 Å². The van der Waals surface area contributed by atoms with Crippen LogP contribution in [0.2, 0.25) is 0 Å². The summed E-state index contributed by atoms with van der Waals surface area (Å²) in [5.74, 6) is -0.521. The van der Waals surface area contributed by atoms with Gasteiger partial charge < -0.3 is 19.6 Å². The van der Waals surface area contributed by atoms with E-state index in [1.807, 2.05) is 19.1 Å². The third-order valence-corrected chi connectivity index (χ3v) is 5.34. The molecule has 0 fully saturated rings. The first-order valence-corrected chi connectivity index (χ1v) is 10.2. The molecule has 7 nitrogen and oxygen atoms in total. The van der Waals surface area contributed by atoms with E-state index in [4.69, 9.17) is 14.3 Å². The number of carboxylic acid groups (broad SMARTS) is 1. The second kappa shape index (κ2) is 9.58. The third kappa shape index (κ3) is 5.16. The van der Waals surface area contributed by atoms with Crippen molar-refractivity contribution in [2.45, 2.75) is 58.3 Å². The van der Waals surface area contributed by atoms with E-state index in [1.165, 1.54) is 0 Å². The molecule has 1 heterocycles. The normalized spacial score (nSPS) is 13.1. The highest BCUT2D eigenvalue weighted by molar-refractivity contribution is 5.86. The van der Waals surface area contributed by atoms with Crippen molar-refractivity contribution in [2.24, 2.45) is 0 Å².